The number of piperidine rings is 1. The van der Waals surface area contributed by atoms with Crippen LogP contribution < -0.4 is 10.6 Å². The van der Waals surface area contributed by atoms with Crippen LogP contribution >= 0.6 is 12.4 Å². The first kappa shape index (κ1) is 18.9. The number of carbonyl (C=O) groups is 1. The maximum atomic E-state index is 12.8. The molecular weight excluding hydrogens is 350 g/mol. The monoisotopic (exact) mass is 375 g/mol. The zero-order valence-electron chi connectivity index (χ0n) is 15.1. The normalized spacial score (nSPS) is 20.1. The van der Waals surface area contributed by atoms with Crippen molar-refractivity contribution in [1.29, 1.82) is 0 Å². The molecule has 1 atom stereocenters. The Morgan fingerprint density at radius 1 is 1.23 bits per heavy atom. The largest absolute Gasteiger partial charge is 0.344 e. The third-order valence-corrected chi connectivity index (χ3v) is 5.47. The maximum Gasteiger partial charge on any atom is 0.274 e. The van der Waals surface area contributed by atoms with Gasteiger partial charge in [0.05, 0.1) is 17.8 Å². The van der Waals surface area contributed by atoms with Crippen LogP contribution in [0.4, 0.5) is 0 Å². The summed E-state index contributed by atoms with van der Waals surface area (Å²) in [4.78, 5) is 12.8. The number of hydrogen-bond donors (Lipinski definition) is 2. The molecule has 4 rings (SSSR count). The van der Waals surface area contributed by atoms with Crippen molar-refractivity contribution in [1.82, 2.24) is 25.6 Å². The van der Waals surface area contributed by atoms with Gasteiger partial charge in [0.2, 0.25) is 0 Å². The van der Waals surface area contributed by atoms with Crippen LogP contribution in [-0.2, 0) is 6.42 Å². The van der Waals surface area contributed by atoms with Gasteiger partial charge < -0.3 is 10.6 Å². The molecule has 1 aromatic heterocycles. The van der Waals surface area contributed by atoms with Gasteiger partial charge in [-0.3, -0.25) is 4.79 Å². The van der Waals surface area contributed by atoms with E-state index < -0.39 is 0 Å². The number of hydrogen-bond acceptors (Lipinski definition) is 4. The fraction of sp³-hybridized carbons (Fsp3) is 0.526. The molecule has 1 aliphatic heterocycles. The minimum absolute atomic E-state index is 0. The highest BCUT2D eigenvalue weighted by Gasteiger charge is 2.26. The van der Waals surface area contributed by atoms with E-state index in [1.807, 2.05) is 17.7 Å². The van der Waals surface area contributed by atoms with Crippen LogP contribution in [0.2, 0.25) is 0 Å². The van der Waals surface area contributed by atoms with Gasteiger partial charge >= 0.3 is 0 Å². The summed E-state index contributed by atoms with van der Waals surface area (Å²) in [6, 6.07) is 8.80. The van der Waals surface area contributed by atoms with E-state index in [0.717, 1.165) is 50.9 Å². The molecule has 1 unspecified atom stereocenters. The van der Waals surface area contributed by atoms with E-state index in [0.29, 0.717) is 11.7 Å². The average molecular weight is 376 g/mol. The van der Waals surface area contributed by atoms with Crippen molar-refractivity contribution >= 4 is 18.3 Å². The van der Waals surface area contributed by atoms with Crippen LogP contribution in [-0.4, -0.2) is 34.0 Å². The predicted octanol–water partition coefficient (Wildman–Crippen LogP) is 2.74. The number of amides is 1. The Morgan fingerprint density at radius 3 is 2.81 bits per heavy atom. The summed E-state index contributed by atoms with van der Waals surface area (Å²) in [7, 11) is 0. The van der Waals surface area contributed by atoms with Gasteiger partial charge in [-0.25, -0.2) is 4.68 Å². The molecule has 1 aromatic carbocycles. The zero-order valence-corrected chi connectivity index (χ0v) is 15.9. The number of aryl methyl sites for hydroxylation is 1. The number of nitrogens with zero attached hydrogens (tertiary/aromatic N) is 3. The number of aromatic nitrogens is 3. The lowest BCUT2D eigenvalue weighted by atomic mass is 9.87. The first-order chi connectivity index (χ1) is 12.2. The van der Waals surface area contributed by atoms with Crippen LogP contribution in [0.3, 0.4) is 0 Å². The lowest BCUT2D eigenvalue weighted by Gasteiger charge is -2.26. The molecule has 2 aromatic rings. The van der Waals surface area contributed by atoms with Gasteiger partial charge in [-0.15, -0.1) is 17.5 Å². The van der Waals surface area contributed by atoms with Crippen molar-refractivity contribution in [2.24, 2.45) is 0 Å². The Morgan fingerprint density at radius 2 is 2.00 bits per heavy atom. The first-order valence-corrected chi connectivity index (χ1v) is 9.25. The summed E-state index contributed by atoms with van der Waals surface area (Å²) < 4.78 is 1.94. The highest BCUT2D eigenvalue weighted by atomic mass is 35.5. The number of carbonyl (C=O) groups excluding carboxylic acids is 1. The summed E-state index contributed by atoms with van der Waals surface area (Å²) >= 11 is 0. The topological polar surface area (TPSA) is 71.8 Å². The maximum absolute atomic E-state index is 12.8. The second-order valence-corrected chi connectivity index (χ2v) is 7.07. The molecule has 7 heteroatoms. The van der Waals surface area contributed by atoms with E-state index in [4.69, 9.17) is 0 Å². The fourth-order valence-corrected chi connectivity index (χ4v) is 4.08. The number of halogens is 1. The van der Waals surface area contributed by atoms with Crippen LogP contribution in [0.5, 0.6) is 0 Å². The molecule has 0 saturated carbocycles. The number of fused-ring (bicyclic) bond motifs is 1. The standard InChI is InChI=1S/C19H25N5O.ClH/c1-13-18(22-23-24(13)15-9-11-20-12-10-15)19(25)21-17-8-4-6-14-5-2-3-7-16(14)17;/h2-3,5,7,15,17,20H,4,6,8-12H2,1H3,(H,21,25);1H. The third kappa shape index (κ3) is 3.62. The van der Waals surface area contributed by atoms with Crippen LogP contribution in [0.25, 0.3) is 0 Å². The predicted molar refractivity (Wildman–Crippen MR) is 103 cm³/mol. The Balaban J connectivity index is 0.00000196. The van der Waals surface area contributed by atoms with Gasteiger partial charge in [0.25, 0.3) is 5.91 Å². The number of nitrogens with one attached hydrogen (secondary N) is 2. The molecule has 0 spiro atoms. The Kier molecular flexibility index (Phi) is 5.94. The van der Waals surface area contributed by atoms with Gasteiger partial charge in [0.15, 0.2) is 5.69 Å². The SMILES string of the molecule is Cc1c(C(=O)NC2CCCc3ccccc32)nnn1C1CCNCC1.Cl. The van der Waals surface area contributed by atoms with E-state index in [9.17, 15) is 4.79 Å². The van der Waals surface area contributed by atoms with Crippen LogP contribution in [0, 0.1) is 6.92 Å². The summed E-state index contributed by atoms with van der Waals surface area (Å²) in [5.41, 5.74) is 3.91. The molecule has 6 nitrogen and oxygen atoms in total. The van der Waals surface area contributed by atoms with E-state index in [1.165, 1.54) is 11.1 Å². The molecule has 2 aliphatic rings. The summed E-state index contributed by atoms with van der Waals surface area (Å²) in [5, 5.41) is 15.0. The van der Waals surface area contributed by atoms with Crippen molar-refractivity contribution < 1.29 is 4.79 Å². The molecule has 26 heavy (non-hydrogen) atoms. The van der Waals surface area contributed by atoms with Gasteiger partial charge in [0.1, 0.15) is 0 Å². The molecule has 0 radical (unpaired) electrons. The van der Waals surface area contributed by atoms with Crippen molar-refractivity contribution in [2.45, 2.75) is 51.1 Å². The quantitative estimate of drug-likeness (QED) is 0.865. The second kappa shape index (κ2) is 8.18. The highest BCUT2D eigenvalue weighted by molar-refractivity contribution is 5.93. The number of benzene rings is 1. The summed E-state index contributed by atoms with van der Waals surface area (Å²) in [5.74, 6) is -0.112. The van der Waals surface area contributed by atoms with Crippen molar-refractivity contribution in [3.63, 3.8) is 0 Å². The van der Waals surface area contributed by atoms with E-state index in [2.05, 4.69) is 39.1 Å². The van der Waals surface area contributed by atoms with Gasteiger partial charge in [-0.05, 0) is 63.2 Å². The van der Waals surface area contributed by atoms with Crippen molar-refractivity contribution in [3.8, 4) is 0 Å². The molecule has 140 valence electrons. The molecule has 1 aliphatic carbocycles. The summed E-state index contributed by atoms with van der Waals surface area (Å²) in [6.07, 6.45) is 5.23. The highest BCUT2D eigenvalue weighted by Crippen LogP contribution is 2.30. The molecular formula is C19H26ClN5O. The molecule has 2 N–H and O–H groups in total. The molecule has 1 amide bonds. The smallest absolute Gasteiger partial charge is 0.274 e. The molecule has 2 heterocycles. The Labute approximate surface area is 160 Å². The fourth-order valence-electron chi connectivity index (χ4n) is 4.08. The number of rotatable bonds is 3. The minimum Gasteiger partial charge on any atom is -0.344 e. The van der Waals surface area contributed by atoms with Gasteiger partial charge in [-0.2, -0.15) is 0 Å². The molecule has 1 saturated heterocycles. The third-order valence-electron chi connectivity index (χ3n) is 5.47. The van der Waals surface area contributed by atoms with Crippen LogP contribution in [0.15, 0.2) is 24.3 Å². The molecule has 1 fully saturated rings. The minimum atomic E-state index is -0.112. The van der Waals surface area contributed by atoms with Gasteiger partial charge in [0, 0.05) is 0 Å². The second-order valence-electron chi connectivity index (χ2n) is 7.07. The zero-order chi connectivity index (χ0) is 17.2. The van der Waals surface area contributed by atoms with Crippen molar-refractivity contribution in [3.05, 3.63) is 46.8 Å². The Hall–Kier alpha value is -1.92. The van der Waals surface area contributed by atoms with Crippen molar-refractivity contribution in [2.75, 3.05) is 13.1 Å². The van der Waals surface area contributed by atoms with E-state index in [-0.39, 0.29) is 24.4 Å². The lowest BCUT2D eigenvalue weighted by molar-refractivity contribution is 0.0927. The van der Waals surface area contributed by atoms with Crippen LogP contribution in [0.1, 0.15) is 65.1 Å². The van der Waals surface area contributed by atoms with E-state index >= 15 is 0 Å². The average Bonchev–Trinajstić information content (AvgIpc) is 3.04. The summed E-state index contributed by atoms with van der Waals surface area (Å²) in [6.45, 7) is 3.93. The molecule has 0 bridgehead atoms. The van der Waals surface area contributed by atoms with Gasteiger partial charge in [-0.1, -0.05) is 29.5 Å². The Bertz CT molecular complexity index is 769. The van der Waals surface area contributed by atoms with E-state index in [1.54, 1.807) is 0 Å². The first-order valence-electron chi connectivity index (χ1n) is 9.25. The lowest BCUT2D eigenvalue weighted by Crippen LogP contribution is -2.32.